The highest BCUT2D eigenvalue weighted by atomic mass is 35.5. The molecule has 0 radical (unpaired) electrons. The van der Waals surface area contributed by atoms with Gasteiger partial charge in [0.25, 0.3) is 0 Å². The molecule has 25 heavy (non-hydrogen) atoms. The summed E-state index contributed by atoms with van der Waals surface area (Å²) in [6.07, 6.45) is 2.01. The first-order valence-electron chi connectivity index (χ1n) is 8.30. The zero-order valence-corrected chi connectivity index (χ0v) is 15.7. The smallest absolute Gasteiger partial charge is 0.0563 e. The predicted octanol–water partition coefficient (Wildman–Crippen LogP) is 4.65. The third-order valence-corrected chi connectivity index (χ3v) is 5.14. The van der Waals surface area contributed by atoms with Gasteiger partial charge in [-0.05, 0) is 17.8 Å². The van der Waals surface area contributed by atoms with E-state index in [0.717, 1.165) is 58.3 Å². The molecule has 0 spiro atoms. The van der Waals surface area contributed by atoms with Crippen LogP contribution in [0.5, 0.6) is 0 Å². The van der Waals surface area contributed by atoms with Crippen molar-refractivity contribution in [2.75, 3.05) is 33.2 Å². The van der Waals surface area contributed by atoms with Gasteiger partial charge in [-0.25, -0.2) is 0 Å². The van der Waals surface area contributed by atoms with Gasteiger partial charge in [0.1, 0.15) is 0 Å². The van der Waals surface area contributed by atoms with Gasteiger partial charge in [-0.15, -0.1) is 12.4 Å². The lowest BCUT2D eigenvalue weighted by Gasteiger charge is -2.30. The molecule has 0 aliphatic carbocycles. The lowest BCUT2D eigenvalue weighted by molar-refractivity contribution is 0.159. The Bertz CT molecular complexity index is 858. The Morgan fingerprint density at radius 1 is 0.840 bits per heavy atom. The van der Waals surface area contributed by atoms with E-state index in [-0.39, 0.29) is 12.4 Å². The van der Waals surface area contributed by atoms with Crippen molar-refractivity contribution in [3.8, 4) is 0 Å². The summed E-state index contributed by atoms with van der Waals surface area (Å²) in [7, 11) is 2.15. The van der Waals surface area contributed by atoms with E-state index in [1.807, 2.05) is 18.3 Å². The van der Waals surface area contributed by atoms with Crippen LogP contribution < -0.4 is 0 Å². The molecule has 0 saturated carbocycles. The van der Waals surface area contributed by atoms with Gasteiger partial charge in [0.15, 0.2) is 0 Å². The number of nitrogens with zero attached hydrogens (tertiary/aromatic N) is 3. The van der Waals surface area contributed by atoms with Crippen molar-refractivity contribution in [3.05, 3.63) is 59.1 Å². The lowest BCUT2D eigenvalue weighted by Crippen LogP contribution is -2.41. The quantitative estimate of drug-likeness (QED) is 0.480. The summed E-state index contributed by atoms with van der Waals surface area (Å²) < 4.78 is 0. The third kappa shape index (κ3) is 3.45. The van der Waals surface area contributed by atoms with Crippen LogP contribution in [-0.2, 0) is 0 Å². The second-order valence-corrected chi connectivity index (χ2v) is 6.70. The van der Waals surface area contributed by atoms with Crippen molar-refractivity contribution in [2.24, 2.45) is 5.10 Å². The molecule has 0 amide bonds. The molecule has 4 rings (SSSR count). The van der Waals surface area contributed by atoms with Gasteiger partial charge < -0.3 is 4.90 Å². The largest absolute Gasteiger partial charge is 0.303 e. The van der Waals surface area contributed by atoms with Crippen LogP contribution in [0.2, 0.25) is 5.02 Å². The molecule has 0 N–H and O–H groups in total. The summed E-state index contributed by atoms with van der Waals surface area (Å²) in [6.45, 7) is 4.05. The minimum absolute atomic E-state index is 0. The fourth-order valence-electron chi connectivity index (χ4n) is 3.30. The van der Waals surface area contributed by atoms with Crippen molar-refractivity contribution in [3.63, 3.8) is 0 Å². The molecule has 1 aliphatic rings. The second kappa shape index (κ2) is 7.61. The third-order valence-electron chi connectivity index (χ3n) is 4.74. The van der Waals surface area contributed by atoms with Gasteiger partial charge in [-0.2, -0.15) is 5.10 Å². The summed E-state index contributed by atoms with van der Waals surface area (Å²) in [4.78, 5) is 2.33. The summed E-state index contributed by atoms with van der Waals surface area (Å²) in [5.41, 5.74) is 1.14. The Hall–Kier alpha value is -1.81. The number of fused-ring (bicyclic) bond motifs is 2. The second-order valence-electron chi connectivity index (χ2n) is 6.32. The highest BCUT2D eigenvalue weighted by Crippen LogP contribution is 2.35. The molecule has 1 fully saturated rings. The molecule has 0 bridgehead atoms. The van der Waals surface area contributed by atoms with E-state index in [0.29, 0.717) is 0 Å². The number of piperazine rings is 1. The number of hydrogen-bond donors (Lipinski definition) is 0. The van der Waals surface area contributed by atoms with Gasteiger partial charge in [-0.1, -0.05) is 60.1 Å². The SMILES string of the molecule is CN1CCN(/N=C/c2c3ccccc3c(Cl)c3ccccc23)CC1.Cl. The van der Waals surface area contributed by atoms with Gasteiger partial charge in [-0.3, -0.25) is 5.01 Å². The Morgan fingerprint density at radius 3 is 1.84 bits per heavy atom. The van der Waals surface area contributed by atoms with Crippen molar-refractivity contribution in [1.29, 1.82) is 0 Å². The Kier molecular flexibility index (Phi) is 5.48. The van der Waals surface area contributed by atoms with E-state index >= 15 is 0 Å². The fourth-order valence-corrected chi connectivity index (χ4v) is 3.63. The highest BCUT2D eigenvalue weighted by molar-refractivity contribution is 6.42. The van der Waals surface area contributed by atoms with Gasteiger partial charge in [0.2, 0.25) is 0 Å². The number of hydrogen-bond acceptors (Lipinski definition) is 3. The lowest BCUT2D eigenvalue weighted by atomic mass is 9.97. The van der Waals surface area contributed by atoms with Crippen LogP contribution >= 0.6 is 24.0 Å². The standard InChI is InChI=1S/C20H20ClN3.ClH/c1-23-10-12-24(13-11-23)22-14-19-15-6-2-4-8-17(15)20(21)18-9-5-3-7-16(18)19;/h2-9,14H,10-13H2,1H3;1H/b22-14+;. The number of likely N-dealkylation sites (N-methyl/N-ethyl adjacent to an activating group) is 1. The molecule has 0 atom stereocenters. The molecule has 5 heteroatoms. The summed E-state index contributed by atoms with van der Waals surface area (Å²) >= 11 is 6.65. The van der Waals surface area contributed by atoms with Crippen molar-refractivity contribution in [1.82, 2.24) is 9.91 Å². The van der Waals surface area contributed by atoms with Crippen LogP contribution in [0.15, 0.2) is 53.6 Å². The summed E-state index contributed by atoms with van der Waals surface area (Å²) in [5, 5.41) is 12.2. The first kappa shape index (κ1) is 18.0. The average Bonchev–Trinajstić information content (AvgIpc) is 2.63. The van der Waals surface area contributed by atoms with Gasteiger partial charge in [0.05, 0.1) is 11.2 Å². The zero-order chi connectivity index (χ0) is 16.5. The molecule has 0 aromatic heterocycles. The Morgan fingerprint density at radius 2 is 1.32 bits per heavy atom. The van der Waals surface area contributed by atoms with E-state index in [9.17, 15) is 0 Å². The summed E-state index contributed by atoms with van der Waals surface area (Å²) in [6, 6.07) is 16.6. The molecule has 1 heterocycles. The van der Waals surface area contributed by atoms with Crippen LogP contribution in [0.25, 0.3) is 21.5 Å². The van der Waals surface area contributed by atoms with Crippen LogP contribution in [-0.4, -0.2) is 49.4 Å². The summed E-state index contributed by atoms with van der Waals surface area (Å²) in [5.74, 6) is 0. The minimum atomic E-state index is 0. The van der Waals surface area contributed by atoms with Crippen LogP contribution in [0.4, 0.5) is 0 Å². The average molecular weight is 374 g/mol. The van der Waals surface area contributed by atoms with Crippen LogP contribution in [0, 0.1) is 0 Å². The molecule has 130 valence electrons. The maximum absolute atomic E-state index is 6.65. The molecular weight excluding hydrogens is 353 g/mol. The van der Waals surface area contributed by atoms with Crippen molar-refractivity contribution >= 4 is 51.8 Å². The monoisotopic (exact) mass is 373 g/mol. The number of rotatable bonds is 2. The number of hydrazone groups is 1. The van der Waals surface area contributed by atoms with E-state index in [4.69, 9.17) is 16.7 Å². The maximum atomic E-state index is 6.65. The molecular formula is C20H21Cl2N3. The normalized spacial score (nSPS) is 15.8. The minimum Gasteiger partial charge on any atom is -0.303 e. The van der Waals surface area contributed by atoms with E-state index in [2.05, 4.69) is 53.4 Å². The van der Waals surface area contributed by atoms with Gasteiger partial charge >= 0.3 is 0 Å². The van der Waals surface area contributed by atoms with Crippen molar-refractivity contribution < 1.29 is 0 Å². The molecule has 1 saturated heterocycles. The van der Waals surface area contributed by atoms with Crippen LogP contribution in [0.1, 0.15) is 5.56 Å². The first-order valence-corrected chi connectivity index (χ1v) is 8.68. The van der Waals surface area contributed by atoms with Crippen molar-refractivity contribution in [2.45, 2.75) is 0 Å². The predicted molar refractivity (Wildman–Crippen MR) is 110 cm³/mol. The molecule has 3 nitrogen and oxygen atoms in total. The molecule has 3 aromatic rings. The van der Waals surface area contributed by atoms with Gasteiger partial charge in [0, 0.05) is 42.5 Å². The van der Waals surface area contributed by atoms with E-state index in [1.165, 1.54) is 0 Å². The number of halogens is 2. The fraction of sp³-hybridized carbons (Fsp3) is 0.250. The van der Waals surface area contributed by atoms with E-state index in [1.54, 1.807) is 0 Å². The first-order chi connectivity index (χ1) is 11.7. The molecule has 3 aromatic carbocycles. The van der Waals surface area contributed by atoms with E-state index < -0.39 is 0 Å². The Balaban J connectivity index is 0.00000182. The Labute approximate surface area is 159 Å². The number of benzene rings is 3. The molecule has 0 unspecified atom stereocenters. The zero-order valence-electron chi connectivity index (χ0n) is 14.2. The van der Waals surface area contributed by atoms with Crippen LogP contribution in [0.3, 0.4) is 0 Å². The molecule has 1 aliphatic heterocycles. The maximum Gasteiger partial charge on any atom is 0.0563 e. The topological polar surface area (TPSA) is 18.8 Å². The highest BCUT2D eigenvalue weighted by Gasteiger charge is 2.13.